The second kappa shape index (κ2) is 9.26. The van der Waals surface area contributed by atoms with Gasteiger partial charge in [-0.1, -0.05) is 23.8 Å². The van der Waals surface area contributed by atoms with E-state index in [1.807, 2.05) is 75.0 Å². The van der Waals surface area contributed by atoms with E-state index in [-0.39, 0.29) is 5.91 Å². The van der Waals surface area contributed by atoms with Crippen LogP contribution < -0.4 is 15.4 Å². The molecular formula is C23H27N5O2. The van der Waals surface area contributed by atoms with Gasteiger partial charge in [0.05, 0.1) is 19.3 Å². The van der Waals surface area contributed by atoms with Crippen LogP contribution in [0.5, 0.6) is 5.75 Å². The summed E-state index contributed by atoms with van der Waals surface area (Å²) in [5.74, 6) is 0.841. The number of guanidine groups is 1. The average molecular weight is 406 g/mol. The molecule has 2 N–H and O–H groups in total. The number of aryl methyl sites for hydroxylation is 3. The number of rotatable bonds is 5. The molecule has 1 amide bonds. The van der Waals surface area contributed by atoms with Gasteiger partial charge in [0, 0.05) is 35.6 Å². The SMILES string of the molecule is COc1cccc(NC(=NCc2c(C)nn(C)c2C)NC(=O)c2cccc(C)c2)c1. The third-order valence-electron chi connectivity index (χ3n) is 4.90. The maximum absolute atomic E-state index is 12.8. The summed E-state index contributed by atoms with van der Waals surface area (Å²) in [4.78, 5) is 17.4. The van der Waals surface area contributed by atoms with Crippen molar-refractivity contribution in [1.29, 1.82) is 0 Å². The average Bonchev–Trinajstić information content (AvgIpc) is 2.97. The number of carbonyl (C=O) groups excluding carboxylic acids is 1. The van der Waals surface area contributed by atoms with E-state index in [9.17, 15) is 4.79 Å². The van der Waals surface area contributed by atoms with Gasteiger partial charge in [0.2, 0.25) is 5.96 Å². The van der Waals surface area contributed by atoms with Crippen molar-refractivity contribution in [2.24, 2.45) is 12.0 Å². The first kappa shape index (κ1) is 21.1. The van der Waals surface area contributed by atoms with E-state index < -0.39 is 0 Å². The largest absolute Gasteiger partial charge is 0.497 e. The summed E-state index contributed by atoms with van der Waals surface area (Å²) >= 11 is 0. The normalized spacial score (nSPS) is 11.3. The zero-order valence-electron chi connectivity index (χ0n) is 18.0. The Labute approximate surface area is 176 Å². The molecule has 0 saturated heterocycles. The van der Waals surface area contributed by atoms with Gasteiger partial charge in [-0.15, -0.1) is 0 Å². The number of aliphatic imine (C=N–C) groups is 1. The van der Waals surface area contributed by atoms with Crippen molar-refractivity contribution in [3.63, 3.8) is 0 Å². The van der Waals surface area contributed by atoms with E-state index in [1.54, 1.807) is 13.2 Å². The first-order valence-electron chi connectivity index (χ1n) is 9.70. The maximum Gasteiger partial charge on any atom is 0.257 e. The molecule has 7 heteroatoms. The molecule has 0 atom stereocenters. The number of aromatic nitrogens is 2. The number of carbonyl (C=O) groups is 1. The Hall–Kier alpha value is -3.61. The van der Waals surface area contributed by atoms with Crippen molar-refractivity contribution in [2.45, 2.75) is 27.3 Å². The molecule has 0 unspecified atom stereocenters. The van der Waals surface area contributed by atoms with E-state index in [4.69, 9.17) is 4.74 Å². The molecule has 3 rings (SSSR count). The number of ether oxygens (including phenoxy) is 1. The molecule has 0 saturated carbocycles. The number of nitrogens with zero attached hydrogens (tertiary/aromatic N) is 3. The van der Waals surface area contributed by atoms with E-state index >= 15 is 0 Å². The minimum Gasteiger partial charge on any atom is -0.497 e. The number of hydrogen-bond donors (Lipinski definition) is 2. The van der Waals surface area contributed by atoms with Crippen LogP contribution in [0, 0.1) is 20.8 Å². The van der Waals surface area contributed by atoms with Gasteiger partial charge in [0.1, 0.15) is 5.75 Å². The van der Waals surface area contributed by atoms with E-state index in [0.29, 0.717) is 23.8 Å². The molecule has 0 bridgehead atoms. The number of benzene rings is 2. The zero-order chi connectivity index (χ0) is 21.7. The molecule has 0 radical (unpaired) electrons. The molecule has 7 nitrogen and oxygen atoms in total. The highest BCUT2D eigenvalue weighted by Crippen LogP contribution is 2.17. The topological polar surface area (TPSA) is 80.5 Å². The zero-order valence-corrected chi connectivity index (χ0v) is 18.0. The predicted molar refractivity (Wildman–Crippen MR) is 119 cm³/mol. The van der Waals surface area contributed by atoms with E-state index in [1.165, 1.54) is 0 Å². The molecule has 0 aliphatic heterocycles. The summed E-state index contributed by atoms with van der Waals surface area (Å²) in [6.45, 7) is 6.31. The van der Waals surface area contributed by atoms with Crippen LogP contribution in [0.1, 0.15) is 32.9 Å². The number of methoxy groups -OCH3 is 1. The van der Waals surface area contributed by atoms with Crippen LogP contribution in [0.15, 0.2) is 53.5 Å². The summed E-state index contributed by atoms with van der Waals surface area (Å²) < 4.78 is 7.12. The second-order valence-electron chi connectivity index (χ2n) is 7.12. The van der Waals surface area contributed by atoms with Crippen LogP contribution in [-0.2, 0) is 13.6 Å². The minimum atomic E-state index is -0.229. The highest BCUT2D eigenvalue weighted by molar-refractivity contribution is 6.10. The maximum atomic E-state index is 12.8. The third-order valence-corrected chi connectivity index (χ3v) is 4.90. The van der Waals surface area contributed by atoms with Crippen LogP contribution in [0.3, 0.4) is 0 Å². The summed E-state index contributed by atoms with van der Waals surface area (Å²) in [7, 11) is 3.52. The van der Waals surface area contributed by atoms with Crippen LogP contribution >= 0.6 is 0 Å². The third kappa shape index (κ3) is 5.05. The Kier molecular flexibility index (Phi) is 6.51. The van der Waals surface area contributed by atoms with Gasteiger partial charge in [-0.2, -0.15) is 5.10 Å². The van der Waals surface area contributed by atoms with Crippen molar-refractivity contribution in [2.75, 3.05) is 12.4 Å². The molecule has 1 heterocycles. The van der Waals surface area contributed by atoms with Gasteiger partial charge in [-0.05, 0) is 45.0 Å². The quantitative estimate of drug-likeness (QED) is 0.500. The van der Waals surface area contributed by atoms with Crippen molar-refractivity contribution in [3.05, 3.63) is 76.6 Å². The van der Waals surface area contributed by atoms with Gasteiger partial charge in [0.25, 0.3) is 5.91 Å². The Morgan fingerprint density at radius 3 is 2.57 bits per heavy atom. The highest BCUT2D eigenvalue weighted by atomic mass is 16.5. The molecule has 1 aromatic heterocycles. The highest BCUT2D eigenvalue weighted by Gasteiger charge is 2.12. The number of nitrogens with one attached hydrogen (secondary N) is 2. The molecule has 156 valence electrons. The van der Waals surface area contributed by atoms with Crippen LogP contribution in [0.2, 0.25) is 0 Å². The van der Waals surface area contributed by atoms with Crippen molar-refractivity contribution >= 4 is 17.6 Å². The molecule has 0 spiro atoms. The van der Waals surface area contributed by atoms with Gasteiger partial charge >= 0.3 is 0 Å². The standard InChI is InChI=1S/C23H27N5O2/c1-15-8-6-9-18(12-15)22(29)26-23(25-19-10-7-11-20(13-19)30-5)24-14-21-16(2)27-28(4)17(21)3/h6-13H,14H2,1-5H3,(H2,24,25,26,29). The molecule has 30 heavy (non-hydrogen) atoms. The van der Waals surface area contributed by atoms with Gasteiger partial charge in [-0.3, -0.25) is 14.8 Å². The Bertz CT molecular complexity index is 1080. The smallest absolute Gasteiger partial charge is 0.257 e. The summed E-state index contributed by atoms with van der Waals surface area (Å²) in [5, 5.41) is 10.5. The van der Waals surface area contributed by atoms with Crippen LogP contribution in [0.4, 0.5) is 5.69 Å². The van der Waals surface area contributed by atoms with Crippen LogP contribution in [0.25, 0.3) is 0 Å². The monoisotopic (exact) mass is 405 g/mol. The predicted octanol–water partition coefficient (Wildman–Crippen LogP) is 3.75. The lowest BCUT2D eigenvalue weighted by atomic mass is 10.1. The lowest BCUT2D eigenvalue weighted by Gasteiger charge is -2.13. The number of hydrogen-bond acceptors (Lipinski definition) is 4. The van der Waals surface area contributed by atoms with Crippen molar-refractivity contribution < 1.29 is 9.53 Å². The Morgan fingerprint density at radius 1 is 1.13 bits per heavy atom. The summed E-state index contributed by atoms with van der Waals surface area (Å²) in [6, 6.07) is 14.9. The minimum absolute atomic E-state index is 0.229. The lowest BCUT2D eigenvalue weighted by Crippen LogP contribution is -2.36. The molecule has 0 aliphatic carbocycles. The first-order chi connectivity index (χ1) is 14.4. The molecule has 2 aromatic carbocycles. The first-order valence-corrected chi connectivity index (χ1v) is 9.70. The van der Waals surface area contributed by atoms with Crippen molar-refractivity contribution in [3.8, 4) is 5.75 Å². The molecule has 0 fully saturated rings. The van der Waals surface area contributed by atoms with Crippen LogP contribution in [-0.4, -0.2) is 28.8 Å². The summed E-state index contributed by atoms with van der Waals surface area (Å²) in [6.07, 6.45) is 0. The fourth-order valence-corrected chi connectivity index (χ4v) is 3.12. The Balaban J connectivity index is 1.87. The van der Waals surface area contributed by atoms with Gasteiger partial charge in [0.15, 0.2) is 0 Å². The van der Waals surface area contributed by atoms with E-state index in [2.05, 4.69) is 20.7 Å². The van der Waals surface area contributed by atoms with Gasteiger partial charge in [-0.25, -0.2) is 4.99 Å². The van der Waals surface area contributed by atoms with Gasteiger partial charge < -0.3 is 10.1 Å². The fourth-order valence-electron chi connectivity index (χ4n) is 3.12. The molecule has 0 aliphatic rings. The summed E-state index contributed by atoms with van der Waals surface area (Å²) in [5.41, 5.74) is 5.35. The number of anilines is 1. The second-order valence-corrected chi connectivity index (χ2v) is 7.12. The lowest BCUT2D eigenvalue weighted by molar-refractivity contribution is 0.0977. The number of amides is 1. The fraction of sp³-hybridized carbons (Fsp3) is 0.261. The van der Waals surface area contributed by atoms with Crippen molar-refractivity contribution in [1.82, 2.24) is 15.1 Å². The molecular weight excluding hydrogens is 378 g/mol. The van der Waals surface area contributed by atoms with E-state index in [0.717, 1.165) is 28.2 Å². The molecule has 3 aromatic rings. The Morgan fingerprint density at radius 2 is 1.90 bits per heavy atom.